The van der Waals surface area contributed by atoms with Crippen molar-refractivity contribution in [3.8, 4) is 0 Å². The molecule has 0 aromatic heterocycles. The summed E-state index contributed by atoms with van der Waals surface area (Å²) in [5, 5.41) is 0. The zero-order chi connectivity index (χ0) is 2.71. The van der Waals surface area contributed by atoms with Crippen LogP contribution in [0.3, 0.4) is 0 Å². The minimum atomic E-state index is -1.41. The Labute approximate surface area is 41.4 Å². The summed E-state index contributed by atoms with van der Waals surface area (Å²) in [4.78, 5) is 0. The molecule has 0 aliphatic rings. The molecule has 0 bridgehead atoms. The largest absolute Gasteiger partial charge is 0.274 e. The van der Waals surface area contributed by atoms with Crippen molar-refractivity contribution in [3.63, 3.8) is 0 Å². The predicted molar refractivity (Wildman–Crippen MR) is 29.6 cm³/mol. The van der Waals surface area contributed by atoms with Gasteiger partial charge in [-0.2, -0.15) is 0 Å². The molecule has 0 unspecified atom stereocenters. The topological polar surface area (TPSA) is 17.1 Å². The third-order valence-electron chi connectivity index (χ3n) is 0. The summed E-state index contributed by atoms with van der Waals surface area (Å²) in [5.74, 6) is 0. The second-order valence-electron chi connectivity index (χ2n) is 0. The smallest absolute Gasteiger partial charge is 0.147 e. The minimum Gasteiger partial charge on any atom is -0.274 e. The van der Waals surface area contributed by atoms with Gasteiger partial charge in [0.1, 0.15) is 23.0 Å². The Morgan fingerprint density at radius 1 is 1.75 bits per heavy atom. The molecule has 0 saturated heterocycles. The third kappa shape index (κ3) is 21.1. The van der Waals surface area contributed by atoms with Crippen molar-refractivity contribution < 1.29 is 3.07 Å². The highest BCUT2D eigenvalue weighted by Crippen LogP contribution is 0.145. The molecule has 0 fully saturated rings. The summed E-state index contributed by atoms with van der Waals surface area (Å²) < 4.78 is 14.5. The van der Waals surface area contributed by atoms with Crippen LogP contribution in [0.5, 0.6) is 0 Å². The lowest BCUT2D eigenvalue weighted by molar-refractivity contribution is -1.00. The van der Waals surface area contributed by atoms with Crippen LogP contribution in [-0.4, -0.2) is 0.594 Å². The van der Waals surface area contributed by atoms with Crippen molar-refractivity contribution >= 4 is 22.4 Å². The van der Waals surface area contributed by atoms with Crippen molar-refractivity contribution in [1.29, 1.82) is 0.594 Å². The molecule has 4 heavy (non-hydrogen) atoms. The van der Waals surface area contributed by atoms with E-state index < -0.39 is 22.4 Å². The maximum atomic E-state index is 8.71. The SMILES string of the molecule is C.C.[2H]I=O. The first-order valence-electron chi connectivity index (χ1n) is 0.532. The molecule has 30 valence electrons. The first-order valence-corrected chi connectivity index (χ1v) is 1.04. The molecule has 0 heterocycles. The molecule has 0 aliphatic carbocycles. The average Bonchev–Trinajstić information content (AvgIpc) is 0.918. The van der Waals surface area contributed by atoms with Gasteiger partial charge in [0, 0.05) is 0 Å². The number of hydrogen-bond donors (Lipinski definition) is 0. The van der Waals surface area contributed by atoms with E-state index in [4.69, 9.17) is 3.66 Å². The van der Waals surface area contributed by atoms with Gasteiger partial charge in [0.25, 0.3) is 0 Å². The molecule has 0 spiro atoms. The van der Waals surface area contributed by atoms with Crippen LogP contribution in [0.1, 0.15) is 14.9 Å². The Kier molecular flexibility index (Phi) is 177. The van der Waals surface area contributed by atoms with Crippen LogP contribution in [0.4, 0.5) is 0 Å². The van der Waals surface area contributed by atoms with E-state index in [2.05, 4.69) is 0 Å². The van der Waals surface area contributed by atoms with Gasteiger partial charge in [0.2, 0.25) is 0 Å². The minimum absolute atomic E-state index is 0. The molecule has 0 rings (SSSR count). The summed E-state index contributed by atoms with van der Waals surface area (Å²) in [6, 6.07) is 0. The maximum Gasteiger partial charge on any atom is 0.147 e. The Morgan fingerprint density at radius 3 is 1.75 bits per heavy atom. The van der Waals surface area contributed by atoms with E-state index in [0.717, 1.165) is 0 Å². The summed E-state index contributed by atoms with van der Waals surface area (Å²) >= 11 is -1.41. The van der Waals surface area contributed by atoms with E-state index in [9.17, 15) is 0 Å². The quantitative estimate of drug-likeness (QED) is 0.515. The van der Waals surface area contributed by atoms with Crippen LogP contribution in [0.2, 0.25) is 0 Å². The molecule has 0 amide bonds. The first kappa shape index (κ1) is 8.82. The second kappa shape index (κ2) is 80.4. The lowest BCUT2D eigenvalue weighted by Crippen LogP contribution is -3.44. The van der Waals surface area contributed by atoms with Gasteiger partial charge in [-0.25, -0.2) is 0 Å². The molecule has 0 N–H and O–H groups in total. The molecule has 2 heteroatoms. The van der Waals surface area contributed by atoms with Crippen molar-refractivity contribution in [2.24, 2.45) is 0 Å². The summed E-state index contributed by atoms with van der Waals surface area (Å²) in [5.41, 5.74) is 0. The Bertz CT molecular complexity index is 17.1. The second-order valence-corrected chi connectivity index (χ2v) is 0. The van der Waals surface area contributed by atoms with E-state index >= 15 is 0 Å². The van der Waals surface area contributed by atoms with Crippen molar-refractivity contribution in [2.75, 3.05) is 0 Å². The Hall–Kier alpha value is 0.530. The summed E-state index contributed by atoms with van der Waals surface area (Å²) in [7, 11) is 0. The molecule has 0 saturated carbocycles. The van der Waals surface area contributed by atoms with Gasteiger partial charge >= 0.3 is 0 Å². The molecule has 0 radical (unpaired) electrons. The average molecular weight is 177 g/mol. The van der Waals surface area contributed by atoms with Crippen LogP contribution >= 0.6 is 22.4 Å². The normalized spacial score (nSPS) is 4.50. The molecule has 0 aromatic rings. The summed E-state index contributed by atoms with van der Waals surface area (Å²) in [6.45, 7) is 0. The molecular weight excluding hydrogens is 167 g/mol. The zero-order valence-corrected chi connectivity index (χ0v) is 2.94. The van der Waals surface area contributed by atoms with E-state index in [1.54, 1.807) is 0 Å². The third-order valence-corrected chi connectivity index (χ3v) is 0. The lowest BCUT2D eigenvalue weighted by Gasteiger charge is -1.27. The Balaban J connectivity index is -0.0000000200. The fraction of sp³-hybridized carbons (Fsp3) is 1.00. The number of rotatable bonds is 0. The predicted octanol–water partition coefficient (Wildman–Crippen LogP) is 1.77. The monoisotopic (exact) mass is 177 g/mol. The van der Waals surface area contributed by atoms with Crippen molar-refractivity contribution in [3.05, 3.63) is 0 Å². The van der Waals surface area contributed by atoms with Gasteiger partial charge in [-0.05, 0) is 0 Å². The number of halogens is 1. The van der Waals surface area contributed by atoms with Crippen molar-refractivity contribution in [2.45, 2.75) is 14.9 Å². The van der Waals surface area contributed by atoms with Crippen LogP contribution in [-0.2, 0) is 3.07 Å². The van der Waals surface area contributed by atoms with Crippen LogP contribution < -0.4 is 0 Å². The van der Waals surface area contributed by atoms with Gasteiger partial charge in [-0.1, -0.05) is 14.9 Å². The van der Waals surface area contributed by atoms with E-state index in [1.165, 1.54) is 0 Å². The molecule has 0 aromatic carbocycles. The zero-order valence-electron chi connectivity index (χ0n) is 1.79. The fourth-order valence-corrected chi connectivity index (χ4v) is 0. The standard InChI is InChI=1S/2CH4.HIO/c;;1-2/h2*1H4;1H/i;;1D. The van der Waals surface area contributed by atoms with E-state index in [-0.39, 0.29) is 14.9 Å². The van der Waals surface area contributed by atoms with Crippen LogP contribution in [0, 0.1) is 0 Å². The molecule has 1 nitrogen and oxygen atoms in total. The van der Waals surface area contributed by atoms with Crippen LogP contribution in [0.15, 0.2) is 0 Å². The highest BCUT2D eigenvalue weighted by atomic mass is 127. The van der Waals surface area contributed by atoms with Gasteiger partial charge in [-0.15, -0.1) is 0 Å². The highest BCUT2D eigenvalue weighted by Gasteiger charge is 0.889. The summed E-state index contributed by atoms with van der Waals surface area (Å²) in [6.07, 6.45) is 0. The fourth-order valence-electron chi connectivity index (χ4n) is 0. The Morgan fingerprint density at radius 2 is 1.75 bits per heavy atom. The van der Waals surface area contributed by atoms with E-state index in [1.807, 2.05) is 0 Å². The van der Waals surface area contributed by atoms with Gasteiger partial charge in [0.15, 0.2) is 0 Å². The van der Waals surface area contributed by atoms with E-state index in [0.29, 0.717) is 0 Å². The van der Waals surface area contributed by atoms with Gasteiger partial charge < -0.3 is 0 Å². The van der Waals surface area contributed by atoms with Crippen molar-refractivity contribution in [1.82, 2.24) is 0 Å². The lowest BCUT2D eigenvalue weighted by atomic mass is 12.0. The maximum absolute atomic E-state index is 8.71. The van der Waals surface area contributed by atoms with Gasteiger partial charge in [-0.3, -0.25) is 3.07 Å². The van der Waals surface area contributed by atoms with Gasteiger partial charge in [0.05, 0.1) is 0 Å². The number of hydrogen-bond acceptors (Lipinski definition) is 1. The highest BCUT2D eigenvalue weighted by molar-refractivity contribution is 2.50. The molecule has 0 atom stereocenters. The first-order chi connectivity index (χ1) is 1.41. The van der Waals surface area contributed by atoms with Crippen LogP contribution in [0.25, 0.3) is 0 Å². The molecule has 0 aliphatic heterocycles. The molecular formula is C2H9IO.